The van der Waals surface area contributed by atoms with Crippen LogP contribution in [0.4, 0.5) is 5.82 Å². The van der Waals surface area contributed by atoms with E-state index in [0.29, 0.717) is 5.56 Å². The summed E-state index contributed by atoms with van der Waals surface area (Å²) in [5, 5.41) is 9.78. The van der Waals surface area contributed by atoms with Gasteiger partial charge in [-0.25, -0.2) is 4.68 Å². The predicted octanol–water partition coefficient (Wildman–Crippen LogP) is 2.05. The topological polar surface area (TPSA) is 50.2 Å². The summed E-state index contributed by atoms with van der Waals surface area (Å²) < 4.78 is 1.94. The number of fused-ring (bicyclic) bond motifs is 1. The molecular weight excluding hydrogens is 260 g/mol. The van der Waals surface area contributed by atoms with Crippen LogP contribution in [0.2, 0.25) is 0 Å². The lowest BCUT2D eigenvalue weighted by Crippen LogP contribution is -2.27. The third-order valence-electron chi connectivity index (χ3n) is 3.31. The van der Waals surface area contributed by atoms with E-state index < -0.39 is 0 Å². The molecule has 0 spiro atoms. The first-order valence-corrected chi connectivity index (χ1v) is 7.13. The minimum Gasteiger partial charge on any atom is -0.369 e. The molecule has 1 aliphatic rings. The molecule has 1 atom stereocenters. The van der Waals surface area contributed by atoms with Crippen LogP contribution in [0.25, 0.3) is 0 Å². The van der Waals surface area contributed by atoms with Gasteiger partial charge in [0, 0.05) is 25.5 Å². The maximum atomic E-state index is 12.1. The fourth-order valence-electron chi connectivity index (χ4n) is 2.37. The zero-order chi connectivity index (χ0) is 13.4. The molecule has 3 rings (SSSR count). The summed E-state index contributed by atoms with van der Waals surface area (Å²) in [7, 11) is 3.51. The van der Waals surface area contributed by atoms with E-state index in [1.165, 1.54) is 4.88 Å². The van der Waals surface area contributed by atoms with Crippen molar-refractivity contribution in [1.82, 2.24) is 14.7 Å². The van der Waals surface area contributed by atoms with Crippen LogP contribution in [0.15, 0.2) is 23.7 Å². The minimum atomic E-state index is -0.0134. The highest BCUT2D eigenvalue weighted by Gasteiger charge is 2.27. The molecular formula is C13H16N4OS. The van der Waals surface area contributed by atoms with Crippen LogP contribution in [0.5, 0.6) is 0 Å². The molecule has 6 heteroatoms. The summed E-state index contributed by atoms with van der Waals surface area (Å²) >= 11 is 1.73. The van der Waals surface area contributed by atoms with Gasteiger partial charge in [0.2, 0.25) is 0 Å². The molecule has 19 heavy (non-hydrogen) atoms. The first kappa shape index (κ1) is 12.2. The maximum absolute atomic E-state index is 12.1. The summed E-state index contributed by atoms with van der Waals surface area (Å²) in [4.78, 5) is 15.0. The van der Waals surface area contributed by atoms with Crippen LogP contribution in [0.3, 0.4) is 0 Å². The lowest BCUT2D eigenvalue weighted by Gasteiger charge is -2.25. The number of carbonyl (C=O) groups excluding carboxylic acids is 1. The average molecular weight is 276 g/mol. The molecule has 1 N–H and O–H groups in total. The van der Waals surface area contributed by atoms with Crippen molar-refractivity contribution in [3.05, 3.63) is 34.2 Å². The number of rotatable bonds is 2. The van der Waals surface area contributed by atoms with E-state index in [2.05, 4.69) is 27.9 Å². The number of anilines is 1. The molecule has 0 radical (unpaired) electrons. The van der Waals surface area contributed by atoms with Gasteiger partial charge in [0.15, 0.2) is 0 Å². The number of nitrogens with one attached hydrogen (secondary N) is 1. The summed E-state index contributed by atoms with van der Waals surface area (Å²) in [6.45, 7) is 0.863. The zero-order valence-corrected chi connectivity index (χ0v) is 11.8. The molecule has 2 aromatic heterocycles. The monoisotopic (exact) mass is 276 g/mol. The first-order chi connectivity index (χ1) is 9.18. The second kappa shape index (κ2) is 4.70. The summed E-state index contributed by atoms with van der Waals surface area (Å²) in [6, 6.07) is 4.41. The van der Waals surface area contributed by atoms with E-state index in [4.69, 9.17) is 0 Å². The lowest BCUT2D eigenvalue weighted by atomic mass is 10.1. The molecule has 0 aliphatic carbocycles. The molecule has 1 amide bonds. The number of aromatic nitrogens is 2. The van der Waals surface area contributed by atoms with Gasteiger partial charge in [0.1, 0.15) is 11.4 Å². The fraction of sp³-hybridized carbons (Fsp3) is 0.385. The highest BCUT2D eigenvalue weighted by atomic mass is 32.1. The Balaban J connectivity index is 2.01. The number of hydrogen-bond acceptors (Lipinski definition) is 4. The third kappa shape index (κ3) is 2.02. The van der Waals surface area contributed by atoms with Gasteiger partial charge >= 0.3 is 0 Å². The molecule has 2 aromatic rings. The largest absolute Gasteiger partial charge is 0.369 e. The molecule has 0 saturated heterocycles. The van der Waals surface area contributed by atoms with E-state index in [1.807, 2.05) is 4.68 Å². The zero-order valence-electron chi connectivity index (χ0n) is 11.0. The Hall–Kier alpha value is -1.82. The SMILES string of the molecule is CN(C)C(=O)c1cnn2c1NCCC2c1cccs1. The van der Waals surface area contributed by atoms with Crippen molar-refractivity contribution < 1.29 is 4.79 Å². The Morgan fingerprint density at radius 2 is 2.42 bits per heavy atom. The normalized spacial score (nSPS) is 17.7. The smallest absolute Gasteiger partial charge is 0.258 e. The van der Waals surface area contributed by atoms with Gasteiger partial charge in [-0.05, 0) is 17.9 Å². The fourth-order valence-corrected chi connectivity index (χ4v) is 3.21. The van der Waals surface area contributed by atoms with Gasteiger partial charge in [-0.15, -0.1) is 11.3 Å². The molecule has 3 heterocycles. The van der Waals surface area contributed by atoms with E-state index in [-0.39, 0.29) is 11.9 Å². The molecule has 1 unspecified atom stereocenters. The second-order valence-electron chi connectivity index (χ2n) is 4.80. The van der Waals surface area contributed by atoms with Gasteiger partial charge in [-0.3, -0.25) is 4.79 Å². The predicted molar refractivity (Wildman–Crippen MR) is 75.8 cm³/mol. The number of amides is 1. The highest BCUT2D eigenvalue weighted by molar-refractivity contribution is 7.10. The van der Waals surface area contributed by atoms with Gasteiger partial charge in [-0.2, -0.15) is 5.10 Å². The highest BCUT2D eigenvalue weighted by Crippen LogP contribution is 2.33. The standard InChI is InChI=1S/C13H16N4OS/c1-16(2)13(18)9-8-15-17-10(5-6-14-12(9)17)11-4-3-7-19-11/h3-4,7-8,10,14H,5-6H2,1-2H3. The number of hydrogen-bond donors (Lipinski definition) is 1. The Morgan fingerprint density at radius 3 is 3.11 bits per heavy atom. The van der Waals surface area contributed by atoms with E-state index >= 15 is 0 Å². The summed E-state index contributed by atoms with van der Waals surface area (Å²) in [5.41, 5.74) is 0.645. The summed E-state index contributed by atoms with van der Waals surface area (Å²) in [6.07, 6.45) is 2.65. The molecule has 5 nitrogen and oxygen atoms in total. The Morgan fingerprint density at radius 1 is 1.58 bits per heavy atom. The molecule has 0 fully saturated rings. The lowest BCUT2D eigenvalue weighted by molar-refractivity contribution is 0.0828. The van der Waals surface area contributed by atoms with Crippen LogP contribution >= 0.6 is 11.3 Å². The number of thiophene rings is 1. The van der Waals surface area contributed by atoms with E-state index in [9.17, 15) is 4.79 Å². The van der Waals surface area contributed by atoms with Crippen molar-refractivity contribution in [3.63, 3.8) is 0 Å². The van der Waals surface area contributed by atoms with Gasteiger partial charge in [-0.1, -0.05) is 6.07 Å². The second-order valence-corrected chi connectivity index (χ2v) is 5.78. The Bertz CT molecular complexity index is 588. The molecule has 0 bridgehead atoms. The van der Waals surface area contributed by atoms with E-state index in [1.54, 1.807) is 36.5 Å². The Kier molecular flexibility index (Phi) is 3.02. The van der Waals surface area contributed by atoms with Crippen LogP contribution in [-0.2, 0) is 0 Å². The average Bonchev–Trinajstić information content (AvgIpc) is 3.06. The van der Waals surface area contributed by atoms with E-state index in [0.717, 1.165) is 18.8 Å². The first-order valence-electron chi connectivity index (χ1n) is 6.25. The van der Waals surface area contributed by atoms with Crippen LogP contribution < -0.4 is 5.32 Å². The molecule has 0 aromatic carbocycles. The van der Waals surface area contributed by atoms with Crippen LogP contribution in [0.1, 0.15) is 27.7 Å². The van der Waals surface area contributed by atoms with Crippen molar-refractivity contribution in [2.75, 3.05) is 26.0 Å². The Labute approximate surface area is 115 Å². The van der Waals surface area contributed by atoms with Crippen LogP contribution in [-0.4, -0.2) is 41.2 Å². The summed E-state index contributed by atoms with van der Waals surface area (Å²) in [5.74, 6) is 0.823. The number of nitrogens with zero attached hydrogens (tertiary/aromatic N) is 3. The molecule has 1 aliphatic heterocycles. The number of carbonyl (C=O) groups is 1. The molecule has 100 valence electrons. The quantitative estimate of drug-likeness (QED) is 0.913. The van der Waals surface area contributed by atoms with Crippen molar-refractivity contribution >= 4 is 23.1 Å². The van der Waals surface area contributed by atoms with Crippen molar-refractivity contribution in [2.24, 2.45) is 0 Å². The van der Waals surface area contributed by atoms with Crippen molar-refractivity contribution in [2.45, 2.75) is 12.5 Å². The van der Waals surface area contributed by atoms with Gasteiger partial charge in [0.25, 0.3) is 5.91 Å². The van der Waals surface area contributed by atoms with Gasteiger partial charge in [0.05, 0.1) is 12.2 Å². The van der Waals surface area contributed by atoms with Crippen molar-refractivity contribution in [3.8, 4) is 0 Å². The van der Waals surface area contributed by atoms with Gasteiger partial charge < -0.3 is 10.2 Å². The molecule has 0 saturated carbocycles. The minimum absolute atomic E-state index is 0.0134. The van der Waals surface area contributed by atoms with Crippen LogP contribution in [0, 0.1) is 0 Å². The maximum Gasteiger partial charge on any atom is 0.258 e. The van der Waals surface area contributed by atoms with Crippen molar-refractivity contribution in [1.29, 1.82) is 0 Å². The third-order valence-corrected chi connectivity index (χ3v) is 4.28.